The van der Waals surface area contributed by atoms with Gasteiger partial charge in [0.05, 0.1) is 32.7 Å². The normalized spacial score (nSPS) is 10.6. The maximum Gasteiger partial charge on any atom is 0.223 e. The van der Waals surface area contributed by atoms with Crippen molar-refractivity contribution >= 4 is 11.7 Å². The lowest BCUT2D eigenvalue weighted by Gasteiger charge is -2.20. The summed E-state index contributed by atoms with van der Waals surface area (Å²) in [7, 11) is 1.58. The molecule has 0 aliphatic carbocycles. The van der Waals surface area contributed by atoms with Crippen LogP contribution in [0.2, 0.25) is 0 Å². The number of rotatable bonds is 10. The number of carbonyl (C=O) groups excluding carboxylic acids is 2. The van der Waals surface area contributed by atoms with E-state index in [1.807, 2.05) is 12.1 Å². The van der Waals surface area contributed by atoms with E-state index in [1.54, 1.807) is 60.9 Å². The Labute approximate surface area is 163 Å². The molecular weight excluding hydrogens is 358 g/mol. The molecule has 0 atom stereocenters. The molecule has 0 spiro atoms. The molecule has 0 radical (unpaired) electrons. The quantitative estimate of drug-likeness (QED) is 0.485. The average Bonchev–Trinajstić information content (AvgIpc) is 3.41. The molecule has 2 aromatic heterocycles. The van der Waals surface area contributed by atoms with Crippen molar-refractivity contribution in [1.29, 1.82) is 0 Å². The molecular formula is C22H23NO5. The number of ketones is 1. The summed E-state index contributed by atoms with van der Waals surface area (Å²) in [4.78, 5) is 26.7. The average molecular weight is 381 g/mol. The van der Waals surface area contributed by atoms with Crippen LogP contribution in [-0.4, -0.2) is 23.7 Å². The number of carbonyl (C=O) groups is 2. The first-order valence-electron chi connectivity index (χ1n) is 9.15. The van der Waals surface area contributed by atoms with Crippen LogP contribution in [0.5, 0.6) is 5.75 Å². The molecule has 0 saturated carbocycles. The second kappa shape index (κ2) is 9.60. The predicted octanol–water partition coefficient (Wildman–Crippen LogP) is 4.46. The number of amides is 1. The van der Waals surface area contributed by atoms with Crippen LogP contribution in [0.1, 0.15) is 41.1 Å². The number of furan rings is 2. The SMILES string of the molecule is COc1ccc(C(=O)CCCC(=O)N(Cc2ccco2)Cc2ccco2)cc1. The lowest BCUT2D eigenvalue weighted by Crippen LogP contribution is -2.29. The van der Waals surface area contributed by atoms with Gasteiger partial charge in [-0.2, -0.15) is 0 Å². The maximum absolute atomic E-state index is 12.7. The van der Waals surface area contributed by atoms with Crippen LogP contribution in [0.25, 0.3) is 0 Å². The summed E-state index contributed by atoms with van der Waals surface area (Å²) in [6, 6.07) is 14.2. The number of Topliss-reactive ketones (excluding diaryl/α,β-unsaturated/α-hetero) is 1. The largest absolute Gasteiger partial charge is 0.497 e. The molecule has 1 amide bonds. The summed E-state index contributed by atoms with van der Waals surface area (Å²) >= 11 is 0. The van der Waals surface area contributed by atoms with Crippen molar-refractivity contribution in [1.82, 2.24) is 4.90 Å². The van der Waals surface area contributed by atoms with E-state index in [1.165, 1.54) is 0 Å². The minimum Gasteiger partial charge on any atom is -0.497 e. The van der Waals surface area contributed by atoms with E-state index < -0.39 is 0 Å². The molecule has 0 bridgehead atoms. The van der Waals surface area contributed by atoms with Crippen molar-refractivity contribution in [2.75, 3.05) is 7.11 Å². The van der Waals surface area contributed by atoms with Gasteiger partial charge >= 0.3 is 0 Å². The van der Waals surface area contributed by atoms with E-state index in [4.69, 9.17) is 13.6 Å². The molecule has 0 saturated heterocycles. The van der Waals surface area contributed by atoms with Gasteiger partial charge in [0, 0.05) is 18.4 Å². The molecule has 3 rings (SSSR count). The Balaban J connectivity index is 1.54. The fourth-order valence-corrected chi connectivity index (χ4v) is 2.89. The lowest BCUT2D eigenvalue weighted by atomic mass is 10.0. The highest BCUT2D eigenvalue weighted by Gasteiger charge is 2.17. The Morgan fingerprint density at radius 2 is 1.50 bits per heavy atom. The summed E-state index contributed by atoms with van der Waals surface area (Å²) in [5.41, 5.74) is 0.622. The van der Waals surface area contributed by atoms with Crippen LogP contribution >= 0.6 is 0 Å². The van der Waals surface area contributed by atoms with Gasteiger partial charge in [-0.3, -0.25) is 9.59 Å². The van der Waals surface area contributed by atoms with Gasteiger partial charge in [-0.15, -0.1) is 0 Å². The molecule has 0 fully saturated rings. The van der Waals surface area contributed by atoms with E-state index in [-0.39, 0.29) is 18.1 Å². The smallest absolute Gasteiger partial charge is 0.223 e. The van der Waals surface area contributed by atoms with Gasteiger partial charge in [0.25, 0.3) is 0 Å². The first-order valence-corrected chi connectivity index (χ1v) is 9.15. The summed E-state index contributed by atoms with van der Waals surface area (Å²) < 4.78 is 15.8. The Bertz CT molecular complexity index is 830. The lowest BCUT2D eigenvalue weighted by molar-refractivity contribution is -0.133. The summed E-state index contributed by atoms with van der Waals surface area (Å²) in [5.74, 6) is 2.08. The Hall–Kier alpha value is -3.28. The molecule has 3 aromatic rings. The van der Waals surface area contributed by atoms with E-state index in [0.717, 1.165) is 0 Å². The van der Waals surface area contributed by atoms with Gasteiger partial charge in [0.1, 0.15) is 17.3 Å². The number of methoxy groups -OCH3 is 1. The second-order valence-electron chi connectivity index (χ2n) is 6.41. The highest BCUT2D eigenvalue weighted by molar-refractivity contribution is 5.96. The van der Waals surface area contributed by atoms with Crippen molar-refractivity contribution in [3.8, 4) is 5.75 Å². The zero-order valence-corrected chi connectivity index (χ0v) is 15.8. The zero-order valence-electron chi connectivity index (χ0n) is 15.8. The number of ether oxygens (including phenoxy) is 1. The Morgan fingerprint density at radius 3 is 2.00 bits per heavy atom. The minimum absolute atomic E-state index is 0.0130. The van der Waals surface area contributed by atoms with E-state index >= 15 is 0 Å². The van der Waals surface area contributed by atoms with E-state index in [2.05, 4.69) is 0 Å². The van der Waals surface area contributed by atoms with Crippen LogP contribution in [0, 0.1) is 0 Å². The van der Waals surface area contributed by atoms with Gasteiger partial charge in [0.15, 0.2) is 5.78 Å². The molecule has 1 aromatic carbocycles. The monoisotopic (exact) mass is 381 g/mol. The number of hydrogen-bond donors (Lipinski definition) is 0. The third-order valence-electron chi connectivity index (χ3n) is 4.41. The van der Waals surface area contributed by atoms with Crippen LogP contribution in [0.4, 0.5) is 0 Å². The van der Waals surface area contributed by atoms with Gasteiger partial charge in [-0.25, -0.2) is 0 Å². The van der Waals surface area contributed by atoms with Crippen LogP contribution < -0.4 is 4.74 Å². The van der Waals surface area contributed by atoms with Crippen molar-refractivity contribution < 1.29 is 23.2 Å². The molecule has 0 aliphatic heterocycles. The molecule has 0 N–H and O–H groups in total. The number of benzene rings is 1. The third-order valence-corrected chi connectivity index (χ3v) is 4.41. The zero-order chi connectivity index (χ0) is 19.8. The first-order chi connectivity index (χ1) is 13.7. The molecule has 0 unspecified atom stereocenters. The predicted molar refractivity (Wildman–Crippen MR) is 103 cm³/mol. The topological polar surface area (TPSA) is 72.9 Å². The van der Waals surface area contributed by atoms with Gasteiger partial charge in [-0.05, 0) is 55.0 Å². The molecule has 0 aliphatic rings. The summed E-state index contributed by atoms with van der Waals surface area (Å²) in [6.45, 7) is 0.720. The van der Waals surface area contributed by atoms with Crippen molar-refractivity contribution in [3.05, 3.63) is 78.1 Å². The Morgan fingerprint density at radius 1 is 0.893 bits per heavy atom. The van der Waals surface area contributed by atoms with Crippen LogP contribution in [0.15, 0.2) is 69.9 Å². The fourth-order valence-electron chi connectivity index (χ4n) is 2.89. The number of nitrogens with zero attached hydrogens (tertiary/aromatic N) is 1. The highest BCUT2D eigenvalue weighted by Crippen LogP contribution is 2.16. The number of hydrogen-bond acceptors (Lipinski definition) is 5. The summed E-state index contributed by atoms with van der Waals surface area (Å²) in [5, 5.41) is 0. The molecule has 6 nitrogen and oxygen atoms in total. The van der Waals surface area contributed by atoms with Crippen molar-refractivity contribution in [2.45, 2.75) is 32.4 Å². The molecule has 146 valence electrons. The van der Waals surface area contributed by atoms with Crippen LogP contribution in [0.3, 0.4) is 0 Å². The molecule has 2 heterocycles. The molecule has 28 heavy (non-hydrogen) atoms. The fraction of sp³-hybridized carbons (Fsp3) is 0.273. The van der Waals surface area contributed by atoms with E-state index in [9.17, 15) is 9.59 Å². The first kappa shape index (κ1) is 19.5. The molecule has 6 heteroatoms. The van der Waals surface area contributed by atoms with Gasteiger partial charge in [0.2, 0.25) is 5.91 Å². The van der Waals surface area contributed by atoms with E-state index in [0.29, 0.717) is 48.8 Å². The minimum atomic E-state index is -0.0460. The van der Waals surface area contributed by atoms with Crippen molar-refractivity contribution in [3.63, 3.8) is 0 Å². The van der Waals surface area contributed by atoms with Gasteiger partial charge in [-0.1, -0.05) is 0 Å². The van der Waals surface area contributed by atoms with Crippen molar-refractivity contribution in [2.24, 2.45) is 0 Å². The maximum atomic E-state index is 12.7. The second-order valence-corrected chi connectivity index (χ2v) is 6.41. The third kappa shape index (κ3) is 5.36. The summed E-state index contributed by atoms with van der Waals surface area (Å²) in [6.07, 6.45) is 4.24. The Kier molecular flexibility index (Phi) is 6.68. The highest BCUT2D eigenvalue weighted by atomic mass is 16.5. The standard InChI is InChI=1S/C22H23NO5/c1-26-18-11-9-17(10-12-18)21(24)7-2-8-22(25)23(15-19-5-3-13-27-19)16-20-6-4-14-28-20/h3-6,9-14H,2,7-8,15-16H2,1H3. The van der Waals surface area contributed by atoms with Crippen LogP contribution in [-0.2, 0) is 17.9 Å². The van der Waals surface area contributed by atoms with Gasteiger partial charge < -0.3 is 18.5 Å².